The first-order chi connectivity index (χ1) is 19.9. The summed E-state index contributed by atoms with van der Waals surface area (Å²) in [7, 11) is 3.83. The molecule has 10 nitrogen and oxygen atoms in total. The molecule has 2 aliphatic rings. The molecule has 0 atom stereocenters. The Kier molecular flexibility index (Phi) is 8.91. The highest BCUT2D eigenvalue weighted by atomic mass is 16.5. The fourth-order valence-electron chi connectivity index (χ4n) is 4.90. The molecule has 216 valence electrons. The summed E-state index contributed by atoms with van der Waals surface area (Å²) >= 11 is 0. The number of hydrogen-bond donors (Lipinski definition) is 2. The number of piperazine rings is 1. The summed E-state index contributed by atoms with van der Waals surface area (Å²) < 4.78 is 17.7. The number of anilines is 5. The lowest BCUT2D eigenvalue weighted by Gasteiger charge is -2.34. The Balaban J connectivity index is 1.42. The summed E-state index contributed by atoms with van der Waals surface area (Å²) in [6.45, 7) is 12.2. The van der Waals surface area contributed by atoms with Gasteiger partial charge in [-0.1, -0.05) is 12.6 Å². The molecule has 1 amide bonds. The van der Waals surface area contributed by atoms with Gasteiger partial charge in [0.25, 0.3) is 0 Å². The van der Waals surface area contributed by atoms with Gasteiger partial charge in [0, 0.05) is 62.8 Å². The number of hydrogen-bond acceptors (Lipinski definition) is 9. The second-order valence-electron chi connectivity index (χ2n) is 10.2. The number of rotatable bonds is 9. The molecule has 0 bridgehead atoms. The van der Waals surface area contributed by atoms with Gasteiger partial charge in [-0.2, -0.15) is 4.98 Å². The molecule has 0 spiro atoms. The number of amides is 1. The Morgan fingerprint density at radius 1 is 0.976 bits per heavy atom. The monoisotopic (exact) mass is 558 g/mol. The van der Waals surface area contributed by atoms with Crippen LogP contribution in [0.5, 0.6) is 17.4 Å². The minimum Gasteiger partial charge on any atom is -0.494 e. The molecule has 0 unspecified atom stereocenters. The second kappa shape index (κ2) is 12.9. The fraction of sp³-hybridized carbons (Fsp3) is 0.355. The van der Waals surface area contributed by atoms with Crippen molar-refractivity contribution in [2.45, 2.75) is 6.92 Å². The third-order valence-electron chi connectivity index (χ3n) is 7.38. The largest absolute Gasteiger partial charge is 0.494 e. The molecule has 2 N–H and O–H groups in total. The molecule has 2 aliphatic heterocycles. The van der Waals surface area contributed by atoms with Crippen LogP contribution in [0.25, 0.3) is 0 Å². The first-order valence-electron chi connectivity index (χ1n) is 13.9. The minimum atomic E-state index is -0.281. The highest BCUT2D eigenvalue weighted by molar-refractivity contribution is 5.99. The minimum absolute atomic E-state index is 0.281. The third kappa shape index (κ3) is 6.90. The van der Waals surface area contributed by atoms with Crippen molar-refractivity contribution in [1.82, 2.24) is 9.88 Å². The van der Waals surface area contributed by atoms with Crippen LogP contribution in [0.1, 0.15) is 5.56 Å². The first kappa shape index (κ1) is 28.3. The molecule has 0 radical (unpaired) electrons. The Labute approximate surface area is 241 Å². The highest BCUT2D eigenvalue weighted by Gasteiger charge is 2.20. The maximum Gasteiger partial charge on any atom is 0.247 e. The predicted molar refractivity (Wildman–Crippen MR) is 163 cm³/mol. The van der Waals surface area contributed by atoms with Crippen LogP contribution in [-0.4, -0.2) is 82.4 Å². The average Bonchev–Trinajstić information content (AvgIpc) is 3.00. The first-order valence-corrected chi connectivity index (χ1v) is 13.9. The number of aromatic nitrogens is 1. The zero-order valence-corrected chi connectivity index (χ0v) is 24.0. The van der Waals surface area contributed by atoms with Crippen molar-refractivity contribution in [1.29, 1.82) is 0 Å². The van der Waals surface area contributed by atoms with Gasteiger partial charge in [-0.3, -0.25) is 4.79 Å². The predicted octanol–water partition coefficient (Wildman–Crippen LogP) is 4.65. The maximum atomic E-state index is 11.9. The number of nitrogens with one attached hydrogen (secondary N) is 2. The van der Waals surface area contributed by atoms with Gasteiger partial charge < -0.3 is 39.5 Å². The Morgan fingerprint density at radius 3 is 2.49 bits per heavy atom. The van der Waals surface area contributed by atoms with Crippen molar-refractivity contribution in [3.8, 4) is 17.4 Å². The van der Waals surface area contributed by atoms with E-state index < -0.39 is 0 Å². The van der Waals surface area contributed by atoms with Crippen LogP contribution in [0.2, 0.25) is 0 Å². The zero-order valence-electron chi connectivity index (χ0n) is 24.0. The molecule has 0 saturated carbocycles. The molecule has 3 heterocycles. The number of methoxy groups -OCH3 is 1. The lowest BCUT2D eigenvalue weighted by Crippen LogP contribution is -2.44. The highest BCUT2D eigenvalue weighted by Crippen LogP contribution is 2.37. The normalized spacial score (nSPS) is 15.8. The lowest BCUT2D eigenvalue weighted by molar-refractivity contribution is -0.111. The van der Waals surface area contributed by atoms with Crippen LogP contribution in [0.4, 0.5) is 28.6 Å². The standard InChI is InChI=1S/C31H38N6O4/c1-5-30(38)33-26-21-24(8-6-22(26)2)41-31-27(37-16-18-40-19-17-37)10-11-29(34-31)32-25-9-7-23(20-28(25)39-4)36-14-12-35(3)13-15-36/h5-11,20-21H,1,12-19H2,2-4H3,(H,32,34)(H,33,38). The van der Waals surface area contributed by atoms with E-state index in [4.69, 9.17) is 19.2 Å². The molecule has 2 fully saturated rings. The Bertz CT molecular complexity index is 1380. The number of aryl methyl sites for hydroxylation is 1. The number of carbonyl (C=O) groups is 1. The van der Waals surface area contributed by atoms with Crippen LogP contribution in [-0.2, 0) is 9.53 Å². The van der Waals surface area contributed by atoms with E-state index in [1.54, 1.807) is 13.2 Å². The lowest BCUT2D eigenvalue weighted by atomic mass is 10.2. The van der Waals surface area contributed by atoms with Crippen molar-refractivity contribution >= 4 is 34.5 Å². The van der Waals surface area contributed by atoms with Crippen molar-refractivity contribution in [3.05, 3.63) is 66.7 Å². The summed E-state index contributed by atoms with van der Waals surface area (Å²) in [5.74, 6) is 2.09. The topological polar surface area (TPSA) is 91.4 Å². The van der Waals surface area contributed by atoms with Crippen LogP contribution in [0, 0.1) is 6.92 Å². The summed E-state index contributed by atoms with van der Waals surface area (Å²) in [6.07, 6.45) is 1.24. The summed E-state index contributed by atoms with van der Waals surface area (Å²) in [4.78, 5) is 23.7. The van der Waals surface area contributed by atoms with Gasteiger partial charge in [-0.15, -0.1) is 0 Å². The second-order valence-corrected chi connectivity index (χ2v) is 10.2. The van der Waals surface area contributed by atoms with Gasteiger partial charge in [0.2, 0.25) is 11.8 Å². The van der Waals surface area contributed by atoms with E-state index in [-0.39, 0.29) is 5.91 Å². The molecule has 2 saturated heterocycles. The Hall–Kier alpha value is -4.28. The summed E-state index contributed by atoms with van der Waals surface area (Å²) in [5, 5.41) is 6.25. The van der Waals surface area contributed by atoms with Crippen LogP contribution >= 0.6 is 0 Å². The van der Waals surface area contributed by atoms with Crippen LogP contribution in [0.3, 0.4) is 0 Å². The van der Waals surface area contributed by atoms with Crippen molar-refractivity contribution in [2.24, 2.45) is 0 Å². The third-order valence-corrected chi connectivity index (χ3v) is 7.38. The van der Waals surface area contributed by atoms with E-state index in [1.165, 1.54) is 6.08 Å². The van der Waals surface area contributed by atoms with Gasteiger partial charge in [-0.25, -0.2) is 0 Å². The number of carbonyl (C=O) groups excluding carboxylic acids is 1. The van der Waals surface area contributed by atoms with Gasteiger partial charge in [0.15, 0.2) is 0 Å². The molecule has 0 aliphatic carbocycles. The summed E-state index contributed by atoms with van der Waals surface area (Å²) in [6, 6.07) is 15.7. The van der Waals surface area contributed by atoms with Crippen molar-refractivity contribution in [2.75, 3.05) is 87.1 Å². The van der Waals surface area contributed by atoms with Crippen molar-refractivity contribution < 1.29 is 19.0 Å². The van der Waals surface area contributed by atoms with Gasteiger partial charge in [0.1, 0.15) is 23.0 Å². The summed E-state index contributed by atoms with van der Waals surface area (Å²) in [5.41, 5.74) is 4.39. The van der Waals surface area contributed by atoms with E-state index in [9.17, 15) is 4.79 Å². The molecule has 10 heteroatoms. The molecule has 5 rings (SSSR count). The van der Waals surface area contributed by atoms with Crippen LogP contribution < -0.4 is 29.9 Å². The molecule has 3 aromatic rings. The smallest absolute Gasteiger partial charge is 0.247 e. The van der Waals surface area contributed by atoms with Gasteiger partial charge >= 0.3 is 0 Å². The van der Waals surface area contributed by atoms with Gasteiger partial charge in [-0.05, 0) is 55.9 Å². The number of morpholine rings is 1. The van der Waals surface area contributed by atoms with Gasteiger partial charge in [0.05, 0.1) is 26.0 Å². The number of nitrogens with zero attached hydrogens (tertiary/aromatic N) is 4. The number of likely N-dealkylation sites (N-methyl/N-ethyl adjacent to an activating group) is 1. The quantitative estimate of drug-likeness (QED) is 0.364. The SMILES string of the molecule is C=CC(=O)Nc1cc(Oc2nc(Nc3ccc(N4CCN(C)CC4)cc3OC)ccc2N2CCOCC2)ccc1C. The number of pyridine rings is 1. The fourth-order valence-corrected chi connectivity index (χ4v) is 4.90. The van der Waals surface area contributed by atoms with E-state index in [2.05, 4.69) is 51.1 Å². The van der Waals surface area contributed by atoms with E-state index >= 15 is 0 Å². The molecular formula is C31H38N6O4. The van der Waals surface area contributed by atoms with Crippen LogP contribution in [0.15, 0.2) is 61.2 Å². The number of ether oxygens (including phenoxy) is 3. The number of benzene rings is 2. The van der Waals surface area contributed by atoms with Crippen molar-refractivity contribution in [3.63, 3.8) is 0 Å². The van der Waals surface area contributed by atoms with E-state index in [0.717, 1.165) is 67.6 Å². The maximum absolute atomic E-state index is 11.9. The zero-order chi connectivity index (χ0) is 28.8. The molecule has 41 heavy (non-hydrogen) atoms. The molecular weight excluding hydrogens is 520 g/mol. The Morgan fingerprint density at radius 2 is 1.76 bits per heavy atom. The molecule has 1 aromatic heterocycles. The van der Waals surface area contributed by atoms with E-state index in [0.29, 0.717) is 36.3 Å². The molecule has 2 aromatic carbocycles. The average molecular weight is 559 g/mol. The van der Waals surface area contributed by atoms with E-state index in [1.807, 2.05) is 37.3 Å².